The lowest BCUT2D eigenvalue weighted by Crippen LogP contribution is -2.37. The maximum Gasteiger partial charge on any atom is 0.104 e. The van der Waals surface area contributed by atoms with Crippen LogP contribution in [-0.2, 0) is 56.8 Å². The zero-order valence-electron chi connectivity index (χ0n) is 29.1. The topological polar surface area (TPSA) is 131 Å². The Kier molecular flexibility index (Phi) is 19.9. The Hall–Kier alpha value is 0.480. The standard InChI is InChI=1S/C12H22O4.C11H18Br2O4.C11H20O4/c1(3-5-13-7-11-9-15-11)2-4-6-14-8-12-10-16-12;12-5-11(6-13,7-14-1-9-3-16-9)8-15-2-10-4-17-10;1-11(2,7-12-3-9-5-14-9)8-13-4-10-6-15-10/h11-12H,1-10H2;9-10H,1-8H2;9-10H,3-8H2,1-2H3. The van der Waals surface area contributed by atoms with Gasteiger partial charge in [-0.1, -0.05) is 58.5 Å². The Balaban J connectivity index is 0.000000163. The second kappa shape index (κ2) is 23.2. The minimum absolute atomic E-state index is 0.0101. The van der Waals surface area contributed by atoms with Crippen LogP contribution >= 0.6 is 31.9 Å². The third kappa shape index (κ3) is 22.4. The Labute approximate surface area is 304 Å². The smallest absolute Gasteiger partial charge is 0.104 e. The van der Waals surface area contributed by atoms with E-state index >= 15 is 0 Å². The molecule has 0 bridgehead atoms. The zero-order valence-corrected chi connectivity index (χ0v) is 32.3. The SMILES string of the molecule is BrCC(CBr)(COCC1CO1)COCC1CO1.C(CCCOCC1CO1)CCOCC1CO1.CC(C)(COCC1CO1)COCC1CO1. The molecule has 0 aliphatic carbocycles. The first-order valence-corrected chi connectivity index (χ1v) is 19.9. The van der Waals surface area contributed by atoms with Gasteiger partial charge in [-0.05, 0) is 12.8 Å². The van der Waals surface area contributed by atoms with Gasteiger partial charge in [0.15, 0.2) is 0 Å². The number of halogens is 2. The van der Waals surface area contributed by atoms with Gasteiger partial charge in [0.05, 0.1) is 106 Å². The molecule has 0 spiro atoms. The molecule has 0 N–H and O–H groups in total. The van der Waals surface area contributed by atoms with Gasteiger partial charge in [0.2, 0.25) is 0 Å². The fourth-order valence-corrected chi connectivity index (χ4v) is 5.77. The van der Waals surface area contributed by atoms with Gasteiger partial charge in [-0.2, -0.15) is 0 Å². The first-order valence-electron chi connectivity index (χ1n) is 17.7. The van der Waals surface area contributed by atoms with Crippen molar-refractivity contribution in [3.63, 3.8) is 0 Å². The number of epoxide rings is 6. The highest BCUT2D eigenvalue weighted by Crippen LogP contribution is 2.26. The number of hydrogen-bond acceptors (Lipinski definition) is 12. The molecule has 0 saturated carbocycles. The number of alkyl halides is 2. The van der Waals surface area contributed by atoms with Crippen LogP contribution < -0.4 is 0 Å². The molecule has 0 radical (unpaired) electrons. The second-order valence-corrected chi connectivity index (χ2v) is 15.4. The predicted octanol–water partition coefficient (Wildman–Crippen LogP) is 3.81. The van der Waals surface area contributed by atoms with Gasteiger partial charge in [0.25, 0.3) is 0 Å². The van der Waals surface area contributed by atoms with E-state index in [4.69, 9.17) is 56.8 Å². The summed E-state index contributed by atoms with van der Waals surface area (Å²) < 4.78 is 63.9. The lowest BCUT2D eigenvalue weighted by atomic mass is 9.96. The van der Waals surface area contributed by atoms with Gasteiger partial charge >= 0.3 is 0 Å². The van der Waals surface area contributed by atoms with Gasteiger partial charge in [-0.15, -0.1) is 0 Å². The Bertz CT molecular complexity index is 754. The normalized spacial score (nSPS) is 27.8. The molecule has 6 fully saturated rings. The maximum absolute atomic E-state index is 5.68. The summed E-state index contributed by atoms with van der Waals surface area (Å²) in [7, 11) is 0. The van der Waals surface area contributed by atoms with Crippen molar-refractivity contribution < 1.29 is 56.8 Å². The molecule has 6 rings (SSSR count). The van der Waals surface area contributed by atoms with Crippen molar-refractivity contribution in [2.24, 2.45) is 10.8 Å². The van der Waals surface area contributed by atoms with Crippen LogP contribution in [0.4, 0.5) is 0 Å². The summed E-state index contributed by atoms with van der Waals surface area (Å²) in [5, 5.41) is 1.70. The minimum Gasteiger partial charge on any atom is -0.379 e. The summed E-state index contributed by atoms with van der Waals surface area (Å²) in [5.74, 6) is 0. The third-order valence-electron chi connectivity index (χ3n) is 7.93. The number of rotatable bonds is 29. The predicted molar refractivity (Wildman–Crippen MR) is 186 cm³/mol. The van der Waals surface area contributed by atoms with E-state index in [1.807, 2.05) is 0 Å². The molecule has 6 heterocycles. The lowest BCUT2D eigenvalue weighted by Gasteiger charge is -2.29. The van der Waals surface area contributed by atoms with E-state index in [0.29, 0.717) is 63.1 Å². The van der Waals surface area contributed by atoms with Gasteiger partial charge in [0.1, 0.15) is 36.6 Å². The van der Waals surface area contributed by atoms with Crippen LogP contribution in [0, 0.1) is 10.8 Å². The number of unbranched alkanes of at least 4 members (excludes halogenated alkanes) is 3. The Morgan fingerprint density at radius 1 is 0.438 bits per heavy atom. The van der Waals surface area contributed by atoms with Crippen molar-refractivity contribution in [3.05, 3.63) is 0 Å². The zero-order chi connectivity index (χ0) is 33.9. The highest BCUT2D eigenvalue weighted by atomic mass is 79.9. The van der Waals surface area contributed by atoms with Crippen LogP contribution in [0.15, 0.2) is 0 Å². The number of hydrogen-bond donors (Lipinski definition) is 0. The monoisotopic (exact) mass is 818 g/mol. The summed E-state index contributed by atoms with van der Waals surface area (Å²) in [4.78, 5) is 0. The van der Waals surface area contributed by atoms with Gasteiger partial charge in [-0.3, -0.25) is 0 Å². The van der Waals surface area contributed by atoms with E-state index in [9.17, 15) is 0 Å². The number of ether oxygens (including phenoxy) is 12. The molecule has 6 saturated heterocycles. The van der Waals surface area contributed by atoms with Crippen molar-refractivity contribution in [2.75, 3.05) is 130 Å². The van der Waals surface area contributed by atoms with Gasteiger partial charge in [-0.25, -0.2) is 0 Å². The van der Waals surface area contributed by atoms with Crippen molar-refractivity contribution in [1.82, 2.24) is 0 Å². The highest BCUT2D eigenvalue weighted by Gasteiger charge is 2.32. The molecule has 6 aliphatic rings. The van der Waals surface area contributed by atoms with Crippen LogP contribution in [0.3, 0.4) is 0 Å². The molecule has 0 aromatic carbocycles. The molecule has 0 aromatic heterocycles. The molecule has 14 heteroatoms. The molecule has 0 amide bonds. The largest absolute Gasteiger partial charge is 0.379 e. The molecule has 0 aromatic rings. The first-order chi connectivity index (χ1) is 23.4. The van der Waals surface area contributed by atoms with E-state index < -0.39 is 0 Å². The Morgan fingerprint density at radius 3 is 0.979 bits per heavy atom. The van der Waals surface area contributed by atoms with E-state index in [0.717, 1.165) is 116 Å². The van der Waals surface area contributed by atoms with Crippen molar-refractivity contribution in [2.45, 2.75) is 76.2 Å². The van der Waals surface area contributed by atoms with Crippen molar-refractivity contribution >= 4 is 31.9 Å². The maximum atomic E-state index is 5.68. The average molecular weight is 821 g/mol. The van der Waals surface area contributed by atoms with E-state index in [2.05, 4.69) is 45.7 Å². The van der Waals surface area contributed by atoms with Crippen molar-refractivity contribution in [1.29, 1.82) is 0 Å². The molecular formula is C34H60Br2O12. The fourth-order valence-electron chi connectivity index (χ4n) is 4.20. The van der Waals surface area contributed by atoms with Gasteiger partial charge < -0.3 is 56.8 Å². The summed E-state index contributed by atoms with van der Waals surface area (Å²) in [5.41, 5.74) is 0.0631. The minimum atomic E-state index is -0.0101. The molecule has 6 aliphatic heterocycles. The second-order valence-electron chi connectivity index (χ2n) is 14.3. The van der Waals surface area contributed by atoms with Crippen LogP contribution in [0.25, 0.3) is 0 Å². The summed E-state index contributed by atoms with van der Waals surface area (Å²) in [6, 6.07) is 0. The fraction of sp³-hybridized carbons (Fsp3) is 1.00. The van der Waals surface area contributed by atoms with Crippen LogP contribution in [0.2, 0.25) is 0 Å². The van der Waals surface area contributed by atoms with Crippen LogP contribution in [0.1, 0.15) is 39.5 Å². The quantitative estimate of drug-likeness (QED) is 0.0619. The third-order valence-corrected chi connectivity index (χ3v) is 10.3. The van der Waals surface area contributed by atoms with Crippen molar-refractivity contribution in [3.8, 4) is 0 Å². The lowest BCUT2D eigenvalue weighted by molar-refractivity contribution is -0.0101. The summed E-state index contributed by atoms with van der Waals surface area (Å²) in [6.45, 7) is 18.4. The molecule has 48 heavy (non-hydrogen) atoms. The average Bonchev–Trinajstić information content (AvgIpc) is 3.86. The summed E-state index contributed by atoms with van der Waals surface area (Å²) >= 11 is 7.09. The van der Waals surface area contributed by atoms with Crippen LogP contribution in [0.5, 0.6) is 0 Å². The molecule has 12 nitrogen and oxygen atoms in total. The molecular weight excluding hydrogens is 760 g/mol. The van der Waals surface area contributed by atoms with E-state index in [-0.39, 0.29) is 10.8 Å². The molecule has 6 atom stereocenters. The van der Waals surface area contributed by atoms with E-state index in [1.165, 1.54) is 12.8 Å². The van der Waals surface area contributed by atoms with Gasteiger partial charge in [0, 0.05) is 34.7 Å². The van der Waals surface area contributed by atoms with Crippen LogP contribution in [-0.4, -0.2) is 166 Å². The molecule has 6 unspecified atom stereocenters. The van der Waals surface area contributed by atoms with E-state index in [1.54, 1.807) is 0 Å². The Morgan fingerprint density at radius 2 is 0.708 bits per heavy atom. The summed E-state index contributed by atoms with van der Waals surface area (Å²) in [6.07, 6.45) is 6.90. The first kappa shape index (κ1) is 41.2. The highest BCUT2D eigenvalue weighted by molar-refractivity contribution is 9.09. The molecule has 282 valence electrons.